The molecule has 1 aliphatic heterocycles. The van der Waals surface area contributed by atoms with Crippen LogP contribution in [0.3, 0.4) is 0 Å². The molecule has 1 heterocycles. The van der Waals surface area contributed by atoms with Crippen molar-refractivity contribution in [1.82, 2.24) is 0 Å². The van der Waals surface area contributed by atoms with Gasteiger partial charge in [-0.05, 0) is 37.1 Å². The lowest BCUT2D eigenvalue weighted by molar-refractivity contribution is -0.145. The van der Waals surface area contributed by atoms with Gasteiger partial charge in [-0.25, -0.2) is 4.79 Å². The predicted molar refractivity (Wildman–Crippen MR) is 102 cm³/mol. The summed E-state index contributed by atoms with van der Waals surface area (Å²) in [6.07, 6.45) is 5.32. The van der Waals surface area contributed by atoms with E-state index in [1.165, 1.54) is 0 Å². The van der Waals surface area contributed by atoms with Gasteiger partial charge in [0, 0.05) is 6.07 Å². The Labute approximate surface area is 157 Å². The normalized spacial score (nSPS) is 14.3. The summed E-state index contributed by atoms with van der Waals surface area (Å²) in [6.45, 7) is 3.65. The molecule has 3 rings (SSSR count). The fraction of sp³-hybridized carbons (Fsp3) is 0.182. The largest absolute Gasteiger partial charge is 0.482 e. The maximum Gasteiger partial charge on any atom is 0.344 e. The van der Waals surface area contributed by atoms with Gasteiger partial charge < -0.3 is 14.2 Å². The Morgan fingerprint density at radius 2 is 1.96 bits per heavy atom. The highest BCUT2D eigenvalue weighted by Gasteiger charge is 2.29. The van der Waals surface area contributed by atoms with Crippen molar-refractivity contribution >= 4 is 17.8 Å². The van der Waals surface area contributed by atoms with Crippen LogP contribution in [0.5, 0.6) is 11.5 Å². The van der Waals surface area contributed by atoms with E-state index in [9.17, 15) is 9.59 Å². The Bertz CT molecular complexity index is 910. The van der Waals surface area contributed by atoms with Gasteiger partial charge in [0.05, 0.1) is 12.2 Å². The van der Waals surface area contributed by atoms with Crippen LogP contribution in [-0.2, 0) is 9.53 Å². The topological polar surface area (TPSA) is 61.8 Å². The predicted octanol–water partition coefficient (Wildman–Crippen LogP) is 4.11. The van der Waals surface area contributed by atoms with Crippen molar-refractivity contribution < 1.29 is 23.8 Å². The highest BCUT2D eigenvalue weighted by Crippen LogP contribution is 2.36. The Morgan fingerprint density at radius 3 is 2.70 bits per heavy atom. The van der Waals surface area contributed by atoms with E-state index >= 15 is 0 Å². The number of allylic oxidation sites excluding steroid dienone is 3. The molecule has 0 N–H and O–H groups in total. The monoisotopic (exact) mass is 364 g/mol. The van der Waals surface area contributed by atoms with Crippen molar-refractivity contribution in [3.05, 3.63) is 77.1 Å². The molecule has 0 aliphatic carbocycles. The van der Waals surface area contributed by atoms with Crippen LogP contribution in [-0.4, -0.2) is 25.0 Å². The lowest BCUT2D eigenvalue weighted by Crippen LogP contribution is -2.14. The average Bonchev–Trinajstić information content (AvgIpc) is 2.97. The average molecular weight is 364 g/mol. The summed E-state index contributed by atoms with van der Waals surface area (Å²) in [5.41, 5.74) is 2.27. The van der Waals surface area contributed by atoms with Crippen LogP contribution in [0.15, 0.2) is 60.4 Å². The van der Waals surface area contributed by atoms with Gasteiger partial charge in [-0.2, -0.15) is 0 Å². The molecule has 0 saturated heterocycles. The third kappa shape index (κ3) is 4.44. The van der Waals surface area contributed by atoms with Crippen LogP contribution in [0, 0.1) is 6.92 Å². The van der Waals surface area contributed by atoms with Gasteiger partial charge in [-0.1, -0.05) is 42.5 Å². The number of ketones is 1. The van der Waals surface area contributed by atoms with Gasteiger partial charge in [-0.15, -0.1) is 0 Å². The minimum absolute atomic E-state index is 0.169. The van der Waals surface area contributed by atoms with Crippen molar-refractivity contribution in [1.29, 1.82) is 0 Å². The van der Waals surface area contributed by atoms with Crippen molar-refractivity contribution in [2.45, 2.75) is 13.8 Å². The van der Waals surface area contributed by atoms with Gasteiger partial charge >= 0.3 is 5.97 Å². The fourth-order valence-corrected chi connectivity index (χ4v) is 2.73. The number of Topliss-reactive ketones (excluding diaryl/α,β-unsaturated/α-hetero) is 1. The fourth-order valence-electron chi connectivity index (χ4n) is 2.73. The molecule has 2 aromatic carbocycles. The molecule has 0 saturated carbocycles. The standard InChI is InChI=1S/C22H20O5/c1-3-25-20(23)14-26-17-12-15(2)21-19(13-17)27-18(22(21)24)11-7-10-16-8-5-4-6-9-16/h4-13H,3,14H2,1-2H3/b10-7+,18-11-. The number of fused-ring (bicyclic) bond motifs is 1. The third-order valence-corrected chi connectivity index (χ3v) is 3.94. The number of aryl methyl sites for hydroxylation is 1. The first kappa shape index (κ1) is 18.5. The van der Waals surface area contributed by atoms with Crippen molar-refractivity contribution in [2.75, 3.05) is 13.2 Å². The van der Waals surface area contributed by atoms with Gasteiger partial charge in [-0.3, -0.25) is 4.79 Å². The number of esters is 1. The maximum atomic E-state index is 12.6. The van der Waals surface area contributed by atoms with Crippen LogP contribution in [0.4, 0.5) is 0 Å². The molecule has 138 valence electrons. The lowest BCUT2D eigenvalue weighted by atomic mass is 10.0. The quantitative estimate of drug-likeness (QED) is 0.570. The molecule has 5 nitrogen and oxygen atoms in total. The number of carbonyl (C=O) groups is 2. The summed E-state index contributed by atoms with van der Waals surface area (Å²) in [4.78, 5) is 24.0. The highest BCUT2D eigenvalue weighted by molar-refractivity contribution is 6.13. The molecule has 0 amide bonds. The van der Waals surface area contributed by atoms with Crippen LogP contribution in [0.1, 0.15) is 28.4 Å². The van der Waals surface area contributed by atoms with Gasteiger partial charge in [0.15, 0.2) is 12.4 Å². The molecule has 27 heavy (non-hydrogen) atoms. The first-order valence-corrected chi connectivity index (χ1v) is 8.67. The van der Waals surface area contributed by atoms with E-state index in [1.807, 2.05) is 36.4 Å². The second kappa shape index (κ2) is 8.36. The molecule has 0 aromatic heterocycles. The summed E-state index contributed by atoms with van der Waals surface area (Å²) in [5, 5.41) is 0. The zero-order valence-corrected chi connectivity index (χ0v) is 15.2. The molecular formula is C22H20O5. The molecule has 2 aromatic rings. The number of hydrogen-bond acceptors (Lipinski definition) is 5. The number of hydrogen-bond donors (Lipinski definition) is 0. The van der Waals surface area contributed by atoms with Gasteiger partial charge in [0.2, 0.25) is 5.78 Å². The molecule has 0 bridgehead atoms. The molecular weight excluding hydrogens is 344 g/mol. The first-order chi connectivity index (χ1) is 13.1. The number of benzene rings is 2. The Balaban J connectivity index is 1.74. The van der Waals surface area contributed by atoms with Crippen LogP contribution in [0.25, 0.3) is 6.08 Å². The van der Waals surface area contributed by atoms with E-state index in [2.05, 4.69) is 0 Å². The van der Waals surface area contributed by atoms with Crippen LogP contribution in [0.2, 0.25) is 0 Å². The van der Waals surface area contributed by atoms with Crippen LogP contribution < -0.4 is 9.47 Å². The second-order valence-electron chi connectivity index (χ2n) is 5.94. The Kier molecular flexibility index (Phi) is 5.71. The van der Waals surface area contributed by atoms with Gasteiger partial charge in [0.25, 0.3) is 0 Å². The summed E-state index contributed by atoms with van der Waals surface area (Å²) < 4.78 is 16.0. The number of rotatable bonds is 6. The summed E-state index contributed by atoms with van der Waals surface area (Å²) in [5.74, 6) is 0.519. The molecule has 0 unspecified atom stereocenters. The number of carbonyl (C=O) groups excluding carboxylic acids is 2. The second-order valence-corrected chi connectivity index (χ2v) is 5.94. The zero-order chi connectivity index (χ0) is 19.2. The molecule has 0 fully saturated rings. The van der Waals surface area contributed by atoms with E-state index in [-0.39, 0.29) is 18.1 Å². The van der Waals surface area contributed by atoms with Crippen molar-refractivity contribution in [3.8, 4) is 11.5 Å². The van der Waals surface area contributed by atoms with Gasteiger partial charge in [0.1, 0.15) is 11.5 Å². The SMILES string of the molecule is CCOC(=O)COc1cc(C)c2c(c1)O/C(=C\C=C\c1ccccc1)C2=O. The summed E-state index contributed by atoms with van der Waals surface area (Å²) >= 11 is 0. The van der Waals surface area contributed by atoms with E-state index in [1.54, 1.807) is 38.1 Å². The minimum Gasteiger partial charge on any atom is -0.482 e. The first-order valence-electron chi connectivity index (χ1n) is 8.67. The maximum absolute atomic E-state index is 12.6. The van der Waals surface area contributed by atoms with E-state index in [0.29, 0.717) is 23.7 Å². The highest BCUT2D eigenvalue weighted by atomic mass is 16.6. The molecule has 5 heteroatoms. The molecule has 0 atom stereocenters. The zero-order valence-electron chi connectivity index (χ0n) is 15.2. The van der Waals surface area contributed by atoms with E-state index < -0.39 is 5.97 Å². The van der Waals surface area contributed by atoms with Crippen molar-refractivity contribution in [3.63, 3.8) is 0 Å². The Hall–Kier alpha value is -3.34. The number of ether oxygens (including phenoxy) is 3. The minimum atomic E-state index is -0.445. The molecule has 1 aliphatic rings. The lowest BCUT2D eigenvalue weighted by Gasteiger charge is -2.08. The molecule has 0 radical (unpaired) electrons. The summed E-state index contributed by atoms with van der Waals surface area (Å²) in [7, 11) is 0. The molecule has 0 spiro atoms. The van der Waals surface area contributed by atoms with E-state index in [0.717, 1.165) is 11.1 Å². The van der Waals surface area contributed by atoms with Crippen LogP contribution >= 0.6 is 0 Å². The van der Waals surface area contributed by atoms with E-state index in [4.69, 9.17) is 14.2 Å². The third-order valence-electron chi connectivity index (χ3n) is 3.94. The Morgan fingerprint density at radius 1 is 1.19 bits per heavy atom. The smallest absolute Gasteiger partial charge is 0.344 e. The summed E-state index contributed by atoms with van der Waals surface area (Å²) in [6, 6.07) is 13.1. The van der Waals surface area contributed by atoms with Crippen molar-refractivity contribution in [2.24, 2.45) is 0 Å².